The molecule has 2 N–H and O–H groups in total. The Kier molecular flexibility index (Phi) is 28.1. The molecule has 0 aromatic heterocycles. The summed E-state index contributed by atoms with van der Waals surface area (Å²) < 4.78 is 0.586. The van der Waals surface area contributed by atoms with Crippen molar-refractivity contribution in [2.24, 2.45) is 17.8 Å². The first-order valence-electron chi connectivity index (χ1n) is 19.2. The molecular weight excluding hydrogens is 578 g/mol. The number of aliphatic carboxylic acids is 3. The summed E-state index contributed by atoms with van der Waals surface area (Å²) in [4.78, 5) is 34.4. The summed E-state index contributed by atoms with van der Waals surface area (Å²) in [5.41, 5.74) is 0. The second kappa shape index (κ2) is 29.3. The van der Waals surface area contributed by atoms with Crippen molar-refractivity contribution < 1.29 is 34.2 Å². The average molecular weight is 652 g/mol. The fourth-order valence-corrected chi connectivity index (χ4v) is 6.19. The lowest BCUT2D eigenvalue weighted by Crippen LogP contribution is -2.52. The molecule has 3 atom stereocenters. The molecule has 0 saturated heterocycles. The highest BCUT2D eigenvalue weighted by Crippen LogP contribution is 2.22. The predicted octanol–water partition coefficient (Wildman–Crippen LogP) is 9.18. The largest absolute Gasteiger partial charge is 0.550 e. The van der Waals surface area contributed by atoms with Crippen LogP contribution in [0.4, 0.5) is 0 Å². The van der Waals surface area contributed by atoms with Crippen LogP contribution in [-0.2, 0) is 14.4 Å². The Hall–Kier alpha value is -1.89. The Morgan fingerprint density at radius 2 is 0.848 bits per heavy atom. The van der Waals surface area contributed by atoms with Crippen LogP contribution in [0.3, 0.4) is 0 Å². The fourth-order valence-electron chi connectivity index (χ4n) is 6.19. The molecule has 3 unspecified atom stereocenters. The molecule has 7 nitrogen and oxygen atoms in total. The van der Waals surface area contributed by atoms with Gasteiger partial charge in [0, 0.05) is 31.1 Å². The maximum absolute atomic E-state index is 11.5. The summed E-state index contributed by atoms with van der Waals surface area (Å²) in [7, 11) is 0. The first kappa shape index (κ1) is 44.1. The highest BCUT2D eigenvalue weighted by atomic mass is 16.4. The lowest BCUT2D eigenvalue weighted by molar-refractivity contribution is -0.929. The topological polar surface area (TPSA) is 115 Å². The lowest BCUT2D eigenvalue weighted by atomic mass is 10.0. The van der Waals surface area contributed by atoms with Gasteiger partial charge >= 0.3 is 11.9 Å². The maximum Gasteiger partial charge on any atom is 0.306 e. The van der Waals surface area contributed by atoms with Crippen LogP contribution in [0, 0.1) is 17.8 Å². The second-order valence-electron chi connectivity index (χ2n) is 14.4. The van der Waals surface area contributed by atoms with Crippen LogP contribution in [-0.4, -0.2) is 58.8 Å². The van der Waals surface area contributed by atoms with E-state index in [0.29, 0.717) is 43.4 Å². The zero-order valence-corrected chi connectivity index (χ0v) is 30.5. The minimum absolute atomic E-state index is 0.446. The Morgan fingerprint density at radius 3 is 1.20 bits per heavy atom. The molecule has 0 bridgehead atoms. The number of hydrogen-bond donors (Lipinski definition) is 2. The molecule has 46 heavy (non-hydrogen) atoms. The third-order valence-corrected chi connectivity index (χ3v) is 10.00. The number of nitrogens with zero attached hydrogens (tertiary/aromatic N) is 1. The molecule has 0 radical (unpaired) electrons. The lowest BCUT2D eigenvalue weighted by Gasteiger charge is -2.41. The molecule has 0 heterocycles. The van der Waals surface area contributed by atoms with E-state index >= 15 is 0 Å². The van der Waals surface area contributed by atoms with Crippen molar-refractivity contribution in [3.8, 4) is 0 Å². The number of carbonyl (C=O) groups is 3. The highest BCUT2D eigenvalue weighted by Gasteiger charge is 2.30. The van der Waals surface area contributed by atoms with E-state index in [9.17, 15) is 29.7 Å². The van der Waals surface area contributed by atoms with Crippen LogP contribution in [0.25, 0.3) is 0 Å². The minimum Gasteiger partial charge on any atom is -0.550 e. The molecule has 0 aliphatic rings. The van der Waals surface area contributed by atoms with E-state index in [2.05, 4.69) is 19.1 Å². The van der Waals surface area contributed by atoms with Crippen molar-refractivity contribution in [1.29, 1.82) is 0 Å². The number of allylic oxidation sites excluding steroid dienone is 2. The van der Waals surface area contributed by atoms with Gasteiger partial charge in [0.2, 0.25) is 0 Å². The molecule has 270 valence electrons. The fraction of sp³-hybridized carbons (Fsp3) is 0.872. The van der Waals surface area contributed by atoms with E-state index in [1.54, 1.807) is 20.8 Å². The highest BCUT2D eigenvalue weighted by molar-refractivity contribution is 5.69. The molecule has 0 amide bonds. The summed E-state index contributed by atoms with van der Waals surface area (Å²) in [5, 5.41) is 30.3. The monoisotopic (exact) mass is 652 g/mol. The van der Waals surface area contributed by atoms with E-state index in [-0.39, 0.29) is 0 Å². The summed E-state index contributed by atoms with van der Waals surface area (Å²) in [6, 6.07) is 0. The smallest absolute Gasteiger partial charge is 0.306 e. The summed E-state index contributed by atoms with van der Waals surface area (Å²) in [6.07, 6.45) is 32.0. The van der Waals surface area contributed by atoms with Gasteiger partial charge in [0.25, 0.3) is 0 Å². The normalized spacial score (nSPS) is 15.0. The molecular formula is C39H73NO6. The average Bonchev–Trinajstić information content (AvgIpc) is 3.03. The molecule has 0 fully saturated rings. The van der Waals surface area contributed by atoms with Gasteiger partial charge in [-0.15, -0.1) is 0 Å². The number of unbranched alkanes of at least 4 members (excludes halogenated alkanes) is 18. The van der Waals surface area contributed by atoms with Crippen molar-refractivity contribution >= 4 is 17.9 Å². The van der Waals surface area contributed by atoms with Gasteiger partial charge in [-0.2, -0.15) is 0 Å². The molecule has 0 rings (SSSR count). The molecule has 0 saturated carbocycles. The Morgan fingerprint density at radius 1 is 0.522 bits per heavy atom. The van der Waals surface area contributed by atoms with Crippen molar-refractivity contribution in [3.63, 3.8) is 0 Å². The molecule has 7 heteroatoms. The SMILES string of the molecule is CCCCCCC/C=C/CCCCCCCCCCCCCCC[N+](CCC(C)C(=O)[O-])(CCC(C)C(=O)O)CCC(C)C(=O)O. The first-order chi connectivity index (χ1) is 22.0. The summed E-state index contributed by atoms with van der Waals surface area (Å²) in [5.74, 6) is -4.31. The van der Waals surface area contributed by atoms with Crippen molar-refractivity contribution in [1.82, 2.24) is 0 Å². The van der Waals surface area contributed by atoms with Crippen LogP contribution < -0.4 is 5.11 Å². The molecule has 0 aromatic rings. The summed E-state index contributed by atoms with van der Waals surface area (Å²) >= 11 is 0. The zero-order chi connectivity index (χ0) is 34.5. The van der Waals surface area contributed by atoms with Crippen LogP contribution in [0.5, 0.6) is 0 Å². The van der Waals surface area contributed by atoms with E-state index in [4.69, 9.17) is 0 Å². The standard InChI is InChI=1S/C39H73NO6/c1-5-6-7-8-9-10-11-12-13-14-15-16-17-18-19-20-21-22-23-24-25-26-30-40(31-27-34(2)37(41)42,32-28-35(3)38(43)44)33-29-36(4)39(45)46/h11-12,34-36H,5-10,13-33H2,1-4H3,(H2-,41,42,43,44,45,46)/b12-11+. The van der Waals surface area contributed by atoms with E-state index in [1.807, 2.05) is 0 Å². The molecule has 0 spiro atoms. The Balaban J connectivity index is 4.28. The number of hydrogen-bond acceptors (Lipinski definition) is 4. The van der Waals surface area contributed by atoms with E-state index in [0.717, 1.165) is 19.4 Å². The van der Waals surface area contributed by atoms with E-state index in [1.165, 1.54) is 116 Å². The van der Waals surface area contributed by atoms with Crippen LogP contribution >= 0.6 is 0 Å². The van der Waals surface area contributed by atoms with Gasteiger partial charge in [0.15, 0.2) is 0 Å². The molecule has 0 aromatic carbocycles. The third kappa shape index (κ3) is 25.2. The molecule has 0 aliphatic heterocycles. The van der Waals surface area contributed by atoms with Crippen LogP contribution in [0.15, 0.2) is 12.2 Å². The van der Waals surface area contributed by atoms with Gasteiger partial charge < -0.3 is 24.6 Å². The second-order valence-corrected chi connectivity index (χ2v) is 14.4. The third-order valence-electron chi connectivity index (χ3n) is 10.00. The van der Waals surface area contributed by atoms with Gasteiger partial charge in [0.1, 0.15) is 0 Å². The zero-order valence-electron chi connectivity index (χ0n) is 30.5. The number of carbonyl (C=O) groups excluding carboxylic acids is 1. The number of carboxylic acids is 3. The first-order valence-corrected chi connectivity index (χ1v) is 19.2. The predicted molar refractivity (Wildman–Crippen MR) is 189 cm³/mol. The maximum atomic E-state index is 11.5. The number of quaternary nitrogens is 1. The van der Waals surface area contributed by atoms with Crippen molar-refractivity contribution in [2.45, 2.75) is 175 Å². The van der Waals surface area contributed by atoms with Gasteiger partial charge in [-0.3, -0.25) is 9.59 Å². The van der Waals surface area contributed by atoms with Gasteiger partial charge in [-0.05, 0) is 38.5 Å². The minimum atomic E-state index is -1.07. The number of rotatable bonds is 34. The Bertz CT molecular complexity index is 738. The van der Waals surface area contributed by atoms with Gasteiger partial charge in [-0.1, -0.05) is 130 Å². The van der Waals surface area contributed by atoms with Gasteiger partial charge in [-0.25, -0.2) is 0 Å². The summed E-state index contributed by atoms with van der Waals surface area (Å²) in [6.45, 7) is 10.0. The number of carboxylic acid groups (broad SMARTS) is 3. The van der Waals surface area contributed by atoms with Gasteiger partial charge in [0.05, 0.1) is 38.0 Å². The Labute approximate surface area is 283 Å². The van der Waals surface area contributed by atoms with Crippen LogP contribution in [0.2, 0.25) is 0 Å². The van der Waals surface area contributed by atoms with E-state index < -0.39 is 35.7 Å². The van der Waals surface area contributed by atoms with Crippen LogP contribution in [0.1, 0.15) is 175 Å². The quantitative estimate of drug-likeness (QED) is 0.0407. The van der Waals surface area contributed by atoms with Crippen molar-refractivity contribution in [2.75, 3.05) is 26.2 Å². The molecule has 0 aliphatic carbocycles. The van der Waals surface area contributed by atoms with Crippen molar-refractivity contribution in [3.05, 3.63) is 12.2 Å².